The van der Waals surface area contributed by atoms with Crippen molar-refractivity contribution in [2.75, 3.05) is 13.4 Å². The highest BCUT2D eigenvalue weighted by atomic mass is 32.2. The maximum absolute atomic E-state index is 12.4. The first kappa shape index (κ1) is 14.4. The molecular weight excluding hydrogens is 286 g/mol. The van der Waals surface area contributed by atoms with Crippen LogP contribution in [0.15, 0.2) is 9.13 Å². The second-order valence-corrected chi connectivity index (χ2v) is 6.85. The Hall–Kier alpha value is -0.960. The first-order valence-electron chi connectivity index (χ1n) is 5.70. The molecule has 0 radical (unpaired) electrons. The summed E-state index contributed by atoms with van der Waals surface area (Å²) in [7, 11) is 1.56. The summed E-state index contributed by atoms with van der Waals surface area (Å²) in [5, 5.41) is 0. The normalized spacial score (nSPS) is 13.4. The van der Waals surface area contributed by atoms with Crippen molar-refractivity contribution < 1.29 is 9.29 Å². The van der Waals surface area contributed by atoms with Crippen LogP contribution < -0.4 is 5.56 Å². The van der Waals surface area contributed by atoms with Crippen molar-refractivity contribution in [3.8, 4) is 0 Å². The molecule has 6 nitrogen and oxygen atoms in total. The third kappa shape index (κ3) is 2.66. The lowest BCUT2D eigenvalue weighted by Crippen LogP contribution is -2.27. The van der Waals surface area contributed by atoms with Gasteiger partial charge in [0.25, 0.3) is 5.56 Å². The number of ether oxygens (including phenoxy) is 1. The van der Waals surface area contributed by atoms with Crippen LogP contribution in [0.5, 0.6) is 0 Å². The topological polar surface area (TPSA) is 80.1 Å². The summed E-state index contributed by atoms with van der Waals surface area (Å²) in [6.07, 6.45) is 1.54. The fourth-order valence-corrected chi connectivity index (χ4v) is 3.41. The van der Waals surface area contributed by atoms with E-state index in [-0.39, 0.29) is 23.7 Å². The number of hydrogen-bond acceptors (Lipinski definition) is 6. The Bertz CT molecular complexity index is 648. The van der Waals surface area contributed by atoms with Gasteiger partial charge in [0.2, 0.25) is 0 Å². The molecule has 19 heavy (non-hydrogen) atoms. The minimum absolute atomic E-state index is 0.0353. The molecule has 0 fully saturated rings. The molecule has 0 spiro atoms. The largest absolute Gasteiger partial charge is 0.610 e. The molecule has 104 valence electrons. The van der Waals surface area contributed by atoms with E-state index in [0.717, 1.165) is 0 Å². The molecule has 0 aliphatic rings. The van der Waals surface area contributed by atoms with Gasteiger partial charge in [0, 0.05) is 24.3 Å². The zero-order valence-electron chi connectivity index (χ0n) is 11.2. The summed E-state index contributed by atoms with van der Waals surface area (Å²) in [4.78, 5) is 21.5. The molecule has 8 heteroatoms. The van der Waals surface area contributed by atoms with E-state index in [4.69, 9.17) is 4.74 Å². The Labute approximate surface area is 117 Å². The predicted octanol–water partition coefficient (Wildman–Crippen LogP) is 1.32. The van der Waals surface area contributed by atoms with E-state index in [1.54, 1.807) is 11.7 Å². The lowest BCUT2D eigenvalue weighted by molar-refractivity contribution is 0.171. The van der Waals surface area contributed by atoms with Crippen LogP contribution in [0.3, 0.4) is 0 Å². The second-order valence-electron chi connectivity index (χ2n) is 4.32. The van der Waals surface area contributed by atoms with Crippen molar-refractivity contribution in [3.63, 3.8) is 0 Å². The van der Waals surface area contributed by atoms with Gasteiger partial charge in [-0.25, -0.2) is 4.98 Å². The highest BCUT2D eigenvalue weighted by Crippen LogP contribution is 2.22. The van der Waals surface area contributed by atoms with Crippen LogP contribution in [-0.2, 0) is 22.5 Å². The minimum atomic E-state index is -1.21. The summed E-state index contributed by atoms with van der Waals surface area (Å²) in [6, 6.07) is -0.0353. The van der Waals surface area contributed by atoms with Crippen LogP contribution in [0.1, 0.15) is 25.7 Å². The first-order chi connectivity index (χ1) is 8.95. The second kappa shape index (κ2) is 5.58. The molecule has 2 heterocycles. The maximum atomic E-state index is 12.4. The predicted molar refractivity (Wildman–Crippen MR) is 75.1 cm³/mol. The van der Waals surface area contributed by atoms with Crippen molar-refractivity contribution in [1.82, 2.24) is 14.5 Å². The highest BCUT2D eigenvalue weighted by molar-refractivity contribution is 7.92. The van der Waals surface area contributed by atoms with Crippen molar-refractivity contribution in [2.24, 2.45) is 0 Å². The van der Waals surface area contributed by atoms with E-state index in [1.165, 1.54) is 17.6 Å². The molecule has 0 aliphatic carbocycles. The van der Waals surface area contributed by atoms with Gasteiger partial charge in [0.05, 0.1) is 0 Å². The van der Waals surface area contributed by atoms with Crippen LogP contribution in [-0.4, -0.2) is 32.5 Å². The number of fused-ring (bicyclic) bond motifs is 1. The van der Waals surface area contributed by atoms with Crippen molar-refractivity contribution in [2.45, 2.75) is 30.8 Å². The Morgan fingerprint density at radius 2 is 2.16 bits per heavy atom. The molecule has 0 bridgehead atoms. The third-order valence-corrected chi connectivity index (χ3v) is 4.84. The molecule has 1 atom stereocenters. The molecule has 0 amide bonds. The van der Waals surface area contributed by atoms with Crippen molar-refractivity contribution in [1.29, 1.82) is 0 Å². The van der Waals surface area contributed by atoms with E-state index < -0.39 is 11.2 Å². The highest BCUT2D eigenvalue weighted by Gasteiger charge is 2.20. The molecule has 0 N–H and O–H groups in total. The number of rotatable bonds is 4. The standard InChI is InChI=1S/C11H15N3O3S2/c1-6(2)14-7(5-17-3)12-9-8(10(14)15)13-11(18-9)19(4)16/h6H,5H2,1-4H3. The number of thiazole rings is 1. The summed E-state index contributed by atoms with van der Waals surface area (Å²) in [5.41, 5.74) is 0.0729. The van der Waals surface area contributed by atoms with E-state index >= 15 is 0 Å². The molecule has 0 aliphatic heterocycles. The number of methoxy groups -OCH3 is 1. The van der Waals surface area contributed by atoms with Gasteiger partial charge in [-0.3, -0.25) is 9.36 Å². The first-order valence-corrected chi connectivity index (χ1v) is 8.07. The minimum Gasteiger partial charge on any atom is -0.610 e. The van der Waals surface area contributed by atoms with E-state index in [0.29, 0.717) is 15.0 Å². The summed E-state index contributed by atoms with van der Waals surface area (Å²) in [6.45, 7) is 4.06. The Morgan fingerprint density at radius 3 is 2.68 bits per heavy atom. The van der Waals surface area contributed by atoms with Gasteiger partial charge in [-0.1, -0.05) is 0 Å². The molecule has 0 aromatic carbocycles. The summed E-state index contributed by atoms with van der Waals surface area (Å²) < 4.78 is 18.5. The van der Waals surface area contributed by atoms with Gasteiger partial charge in [0.15, 0.2) is 10.3 Å². The number of aromatic nitrogens is 3. The smallest absolute Gasteiger partial charge is 0.304 e. The van der Waals surface area contributed by atoms with E-state index in [1.807, 2.05) is 13.8 Å². The summed E-state index contributed by atoms with van der Waals surface area (Å²) in [5.74, 6) is 0.562. The van der Waals surface area contributed by atoms with Crippen molar-refractivity contribution >= 4 is 32.9 Å². The average Bonchev–Trinajstić information content (AvgIpc) is 2.73. The monoisotopic (exact) mass is 301 g/mol. The van der Waals surface area contributed by atoms with Crippen LogP contribution in [0.2, 0.25) is 0 Å². The number of hydrogen-bond donors (Lipinski definition) is 0. The summed E-state index contributed by atoms with van der Waals surface area (Å²) >= 11 is -0.0208. The number of nitrogens with zero attached hydrogens (tertiary/aromatic N) is 3. The van der Waals surface area contributed by atoms with E-state index in [2.05, 4.69) is 9.97 Å². The van der Waals surface area contributed by atoms with Gasteiger partial charge < -0.3 is 9.29 Å². The Kier molecular flexibility index (Phi) is 4.24. The molecule has 0 saturated heterocycles. The SMILES string of the molecule is COCc1nc2sc([S+](C)[O-])nc2c(=O)n1C(C)C. The third-order valence-electron chi connectivity index (χ3n) is 2.56. The van der Waals surface area contributed by atoms with Gasteiger partial charge in [-0.2, -0.15) is 4.98 Å². The Balaban J connectivity index is 2.74. The van der Waals surface area contributed by atoms with Crippen molar-refractivity contribution in [3.05, 3.63) is 16.2 Å². The lowest BCUT2D eigenvalue weighted by Gasteiger charge is -2.14. The molecular formula is C11H15N3O3S2. The van der Waals surface area contributed by atoms with Gasteiger partial charge >= 0.3 is 4.34 Å². The average molecular weight is 301 g/mol. The molecule has 1 unspecified atom stereocenters. The molecule has 2 rings (SSSR count). The van der Waals surface area contributed by atoms with Crippen LogP contribution >= 0.6 is 11.3 Å². The maximum Gasteiger partial charge on any atom is 0.304 e. The molecule has 2 aromatic rings. The van der Waals surface area contributed by atoms with E-state index in [9.17, 15) is 9.35 Å². The van der Waals surface area contributed by atoms with Gasteiger partial charge in [-0.15, -0.1) is 0 Å². The Morgan fingerprint density at radius 1 is 1.47 bits per heavy atom. The zero-order valence-corrected chi connectivity index (χ0v) is 12.8. The molecule has 2 aromatic heterocycles. The van der Waals surface area contributed by atoms with Crippen LogP contribution in [0.4, 0.5) is 0 Å². The van der Waals surface area contributed by atoms with Crippen LogP contribution in [0, 0.1) is 0 Å². The fourth-order valence-electron chi connectivity index (χ4n) is 1.80. The molecule has 0 saturated carbocycles. The lowest BCUT2D eigenvalue weighted by atomic mass is 10.3. The van der Waals surface area contributed by atoms with Gasteiger partial charge in [0.1, 0.15) is 18.7 Å². The van der Waals surface area contributed by atoms with Gasteiger partial charge in [-0.05, 0) is 25.2 Å². The van der Waals surface area contributed by atoms with Crippen LogP contribution in [0.25, 0.3) is 10.3 Å². The quantitative estimate of drug-likeness (QED) is 0.796. The zero-order chi connectivity index (χ0) is 14.2. The fraction of sp³-hybridized carbons (Fsp3) is 0.545.